The van der Waals surface area contributed by atoms with E-state index in [9.17, 15) is 8.42 Å². The van der Waals surface area contributed by atoms with E-state index >= 15 is 8.78 Å². The van der Waals surface area contributed by atoms with Crippen LogP contribution in [0.1, 0.15) is 26.3 Å². The molecule has 0 amide bonds. The second-order valence-electron chi connectivity index (χ2n) is 9.43. The molecular formula is C24H26F2O6S. The SMILES string of the molecule is CC1(C)OC[C@@]2(O1)C(F)(F)[C@@H]1O[C@@]2(C)[C@H](OCc2ccccc2)[C@H]1S(=O)(=O)c1ccccc1. The average molecular weight is 481 g/mol. The Morgan fingerprint density at radius 2 is 1.61 bits per heavy atom. The van der Waals surface area contributed by atoms with E-state index in [4.69, 9.17) is 18.9 Å². The minimum Gasteiger partial charge on any atom is -0.369 e. The van der Waals surface area contributed by atoms with Crippen LogP contribution < -0.4 is 0 Å². The standard InChI is InChI=1S/C24H26F2O6S/c1-21(2)30-15-23(32-21)22(3)19(29-14-16-10-6-4-7-11-16)18(20(31-22)24(23,25)26)33(27,28)17-12-8-5-9-13-17/h4-13,18-20H,14-15H2,1-3H3/t18-,19-,20-,22+,23+/m1/s1. The highest BCUT2D eigenvalue weighted by molar-refractivity contribution is 7.92. The van der Waals surface area contributed by atoms with Gasteiger partial charge in [-0.25, -0.2) is 17.2 Å². The molecule has 5 rings (SSSR count). The van der Waals surface area contributed by atoms with Gasteiger partial charge in [-0.05, 0) is 38.5 Å². The molecule has 5 atom stereocenters. The smallest absolute Gasteiger partial charge is 0.308 e. The van der Waals surface area contributed by atoms with E-state index in [0.29, 0.717) is 0 Å². The summed E-state index contributed by atoms with van der Waals surface area (Å²) in [7, 11) is -4.23. The van der Waals surface area contributed by atoms with Gasteiger partial charge < -0.3 is 18.9 Å². The number of hydrogen-bond donors (Lipinski definition) is 0. The van der Waals surface area contributed by atoms with Crippen molar-refractivity contribution in [2.45, 2.75) is 72.6 Å². The van der Waals surface area contributed by atoms with Gasteiger partial charge in [0.2, 0.25) is 0 Å². The summed E-state index contributed by atoms with van der Waals surface area (Å²) in [6.07, 6.45) is -3.17. The molecule has 0 N–H and O–H groups in total. The first kappa shape index (κ1) is 22.9. The topological polar surface area (TPSA) is 71.1 Å². The lowest BCUT2D eigenvalue weighted by Crippen LogP contribution is -2.72. The van der Waals surface area contributed by atoms with Crippen LogP contribution in [0, 0.1) is 0 Å². The van der Waals surface area contributed by atoms with Crippen LogP contribution in [-0.2, 0) is 35.4 Å². The van der Waals surface area contributed by atoms with Crippen LogP contribution in [0.5, 0.6) is 0 Å². The number of alkyl halides is 2. The Morgan fingerprint density at radius 3 is 2.18 bits per heavy atom. The maximum Gasteiger partial charge on any atom is 0.308 e. The lowest BCUT2D eigenvalue weighted by molar-refractivity contribution is -0.264. The van der Waals surface area contributed by atoms with Crippen LogP contribution in [0.4, 0.5) is 8.78 Å². The van der Waals surface area contributed by atoms with Gasteiger partial charge in [0, 0.05) is 0 Å². The third-order valence-corrected chi connectivity index (χ3v) is 9.09. The number of ether oxygens (including phenoxy) is 4. The molecule has 0 unspecified atom stereocenters. The second-order valence-corrected chi connectivity index (χ2v) is 11.5. The van der Waals surface area contributed by atoms with Crippen LogP contribution in [0.25, 0.3) is 0 Å². The second kappa shape index (κ2) is 7.29. The predicted molar refractivity (Wildman–Crippen MR) is 115 cm³/mol. The maximum atomic E-state index is 16.0. The third-order valence-electron chi connectivity index (χ3n) is 6.95. The van der Waals surface area contributed by atoms with Crippen molar-refractivity contribution in [1.29, 1.82) is 0 Å². The quantitative estimate of drug-likeness (QED) is 0.649. The Bertz CT molecular complexity index is 1140. The summed E-state index contributed by atoms with van der Waals surface area (Å²) in [6.45, 7) is 4.13. The van der Waals surface area contributed by atoms with Crippen molar-refractivity contribution < 1.29 is 36.1 Å². The molecule has 9 heteroatoms. The van der Waals surface area contributed by atoms with Crippen molar-refractivity contribution in [1.82, 2.24) is 0 Å². The molecule has 0 aromatic heterocycles. The fraction of sp³-hybridized carbons (Fsp3) is 0.500. The third kappa shape index (κ3) is 3.13. The summed E-state index contributed by atoms with van der Waals surface area (Å²) >= 11 is 0. The molecule has 1 spiro atoms. The van der Waals surface area contributed by atoms with Crippen LogP contribution in [0.15, 0.2) is 65.6 Å². The lowest BCUT2D eigenvalue weighted by atomic mass is 9.71. The zero-order valence-electron chi connectivity index (χ0n) is 18.5. The van der Waals surface area contributed by atoms with Gasteiger partial charge >= 0.3 is 5.92 Å². The molecule has 3 heterocycles. The number of fused-ring (bicyclic) bond motifs is 3. The monoisotopic (exact) mass is 480 g/mol. The fourth-order valence-corrected chi connectivity index (χ4v) is 7.37. The van der Waals surface area contributed by atoms with Crippen LogP contribution in [0.3, 0.4) is 0 Å². The molecule has 178 valence electrons. The highest BCUT2D eigenvalue weighted by Crippen LogP contribution is 2.65. The largest absolute Gasteiger partial charge is 0.369 e. The van der Waals surface area contributed by atoms with E-state index in [-0.39, 0.29) is 11.5 Å². The van der Waals surface area contributed by atoms with E-state index in [0.717, 1.165) is 5.56 Å². The molecule has 2 aromatic carbocycles. The molecule has 2 bridgehead atoms. The Morgan fingerprint density at radius 1 is 1.00 bits per heavy atom. The van der Waals surface area contributed by atoms with Gasteiger partial charge in [-0.15, -0.1) is 0 Å². The summed E-state index contributed by atoms with van der Waals surface area (Å²) in [4.78, 5) is -0.0585. The maximum absolute atomic E-state index is 16.0. The molecule has 6 nitrogen and oxygen atoms in total. The molecule has 3 aliphatic rings. The summed E-state index contributed by atoms with van der Waals surface area (Å²) in [5.41, 5.74) is -3.17. The average Bonchev–Trinajstić information content (AvgIpc) is 3.34. The van der Waals surface area contributed by atoms with E-state index in [1.54, 1.807) is 32.0 Å². The number of hydrogen-bond acceptors (Lipinski definition) is 6. The normalized spacial score (nSPS) is 36.5. The van der Waals surface area contributed by atoms with E-state index in [1.807, 2.05) is 30.3 Å². The summed E-state index contributed by atoms with van der Waals surface area (Å²) in [5, 5.41) is -1.62. The molecule has 0 radical (unpaired) electrons. The van der Waals surface area contributed by atoms with Gasteiger partial charge in [-0.3, -0.25) is 0 Å². The predicted octanol–water partition coefficient (Wildman–Crippen LogP) is 3.74. The highest BCUT2D eigenvalue weighted by atomic mass is 32.2. The van der Waals surface area contributed by atoms with Crippen LogP contribution in [0.2, 0.25) is 0 Å². The first-order chi connectivity index (χ1) is 15.4. The fourth-order valence-electron chi connectivity index (χ4n) is 5.31. The van der Waals surface area contributed by atoms with Gasteiger partial charge in [-0.1, -0.05) is 48.5 Å². The number of halogens is 2. The Kier molecular flexibility index (Phi) is 5.05. The van der Waals surface area contributed by atoms with Gasteiger partial charge in [0.1, 0.15) is 23.1 Å². The molecular weight excluding hydrogens is 454 g/mol. The number of rotatable bonds is 5. The minimum atomic E-state index is -4.23. The molecule has 0 aliphatic carbocycles. The molecule has 33 heavy (non-hydrogen) atoms. The van der Waals surface area contributed by atoms with Gasteiger partial charge in [0.25, 0.3) is 0 Å². The molecule has 0 saturated carbocycles. The Labute approximate surface area is 191 Å². The van der Waals surface area contributed by atoms with Crippen molar-refractivity contribution in [2.24, 2.45) is 0 Å². The van der Waals surface area contributed by atoms with Crippen molar-refractivity contribution in [3.8, 4) is 0 Å². The van der Waals surface area contributed by atoms with Crippen molar-refractivity contribution in [3.63, 3.8) is 0 Å². The van der Waals surface area contributed by atoms with Gasteiger partial charge in [-0.2, -0.15) is 0 Å². The molecule has 3 saturated heterocycles. The van der Waals surface area contributed by atoms with E-state index in [2.05, 4.69) is 0 Å². The van der Waals surface area contributed by atoms with Crippen molar-refractivity contribution in [3.05, 3.63) is 66.2 Å². The zero-order valence-corrected chi connectivity index (χ0v) is 19.3. The summed E-state index contributed by atoms with van der Waals surface area (Å²) in [6, 6.07) is 16.7. The van der Waals surface area contributed by atoms with Gasteiger partial charge in [0.05, 0.1) is 18.1 Å². The summed E-state index contributed by atoms with van der Waals surface area (Å²) < 4.78 is 82.6. The van der Waals surface area contributed by atoms with Crippen molar-refractivity contribution >= 4 is 9.84 Å². The van der Waals surface area contributed by atoms with E-state index in [1.165, 1.54) is 19.1 Å². The highest BCUT2D eigenvalue weighted by Gasteiger charge is 2.88. The number of benzene rings is 2. The molecule has 3 fully saturated rings. The molecule has 2 aromatic rings. The number of sulfone groups is 1. The van der Waals surface area contributed by atoms with Crippen molar-refractivity contribution in [2.75, 3.05) is 6.61 Å². The Balaban J connectivity index is 1.60. The first-order valence-electron chi connectivity index (χ1n) is 10.8. The van der Waals surface area contributed by atoms with Crippen LogP contribution >= 0.6 is 0 Å². The summed E-state index contributed by atoms with van der Waals surface area (Å²) in [5.74, 6) is -4.91. The molecule has 3 aliphatic heterocycles. The minimum absolute atomic E-state index is 0.0316. The van der Waals surface area contributed by atoms with Crippen LogP contribution in [-0.4, -0.2) is 55.4 Å². The Hall–Kier alpha value is -1.91. The first-order valence-corrected chi connectivity index (χ1v) is 12.3. The lowest BCUT2D eigenvalue weighted by Gasteiger charge is -2.47. The van der Waals surface area contributed by atoms with Gasteiger partial charge in [0.15, 0.2) is 21.2 Å². The zero-order chi connectivity index (χ0) is 23.7. The van der Waals surface area contributed by atoms with E-state index < -0.39 is 56.8 Å².